The highest BCUT2D eigenvalue weighted by atomic mass is 35.5. The van der Waals surface area contributed by atoms with Gasteiger partial charge >= 0.3 is 12.1 Å². The van der Waals surface area contributed by atoms with Crippen molar-refractivity contribution in [3.8, 4) is 5.75 Å². The van der Waals surface area contributed by atoms with Gasteiger partial charge in [0.15, 0.2) is 5.60 Å². The molecule has 0 saturated heterocycles. The van der Waals surface area contributed by atoms with Gasteiger partial charge in [-0.15, -0.1) is 0 Å². The molecule has 1 saturated carbocycles. The second-order valence-corrected chi connectivity index (χ2v) is 11.0. The molecule has 1 fully saturated rings. The van der Waals surface area contributed by atoms with E-state index in [-0.39, 0.29) is 12.0 Å². The molecule has 218 valence electrons. The van der Waals surface area contributed by atoms with Crippen LogP contribution in [0.4, 0.5) is 4.79 Å². The maximum atomic E-state index is 12.8. The van der Waals surface area contributed by atoms with Gasteiger partial charge in [0.05, 0.1) is 0 Å². The summed E-state index contributed by atoms with van der Waals surface area (Å²) in [5.41, 5.74) is 0.204. The smallest absolute Gasteiger partial charge is 0.476 e. The average molecular weight is 574 g/mol. The van der Waals surface area contributed by atoms with Gasteiger partial charge in [-0.1, -0.05) is 49.9 Å². The summed E-state index contributed by atoms with van der Waals surface area (Å²) >= 11 is 5.86. The second kappa shape index (κ2) is 14.9. The highest BCUT2D eigenvalue weighted by Crippen LogP contribution is 2.30. The second-order valence-electron chi connectivity index (χ2n) is 10.6. The summed E-state index contributed by atoms with van der Waals surface area (Å²) in [4.78, 5) is 37.3. The summed E-state index contributed by atoms with van der Waals surface area (Å²) < 4.78 is 21.9. The van der Waals surface area contributed by atoms with Crippen LogP contribution >= 0.6 is 11.6 Å². The highest BCUT2D eigenvalue weighted by Gasteiger charge is 2.34. The summed E-state index contributed by atoms with van der Waals surface area (Å²) in [7, 11) is 0. The first kappa shape index (κ1) is 31.3. The van der Waals surface area contributed by atoms with Gasteiger partial charge in [0, 0.05) is 24.1 Å². The van der Waals surface area contributed by atoms with E-state index < -0.39 is 24.0 Å². The predicted molar refractivity (Wildman–Crippen MR) is 152 cm³/mol. The molecule has 2 unspecified atom stereocenters. The molecule has 0 aromatic heterocycles. The fourth-order valence-corrected chi connectivity index (χ4v) is 4.83. The Labute approximate surface area is 241 Å². The zero-order valence-corrected chi connectivity index (χ0v) is 24.5. The number of carbonyl (C=O) groups is 3. The predicted octanol–water partition coefficient (Wildman–Crippen LogP) is 6.87. The number of amides is 1. The molecule has 1 amide bonds. The summed E-state index contributed by atoms with van der Waals surface area (Å²) in [6.07, 6.45) is 4.78. The van der Waals surface area contributed by atoms with Crippen LogP contribution in [0, 0.1) is 5.92 Å². The van der Waals surface area contributed by atoms with Crippen molar-refractivity contribution in [2.45, 2.75) is 90.6 Å². The Kier molecular flexibility index (Phi) is 11.7. The fourth-order valence-electron chi connectivity index (χ4n) is 4.71. The highest BCUT2D eigenvalue weighted by molar-refractivity contribution is 6.30. The molecule has 0 heterocycles. The number of rotatable bonds is 12. The van der Waals surface area contributed by atoms with Crippen molar-refractivity contribution in [3.63, 3.8) is 0 Å². The maximum Gasteiger partial charge on any atom is 0.511 e. The zero-order chi connectivity index (χ0) is 29.1. The third kappa shape index (κ3) is 9.73. The quantitative estimate of drug-likeness (QED) is 0.218. The molecule has 2 aromatic rings. The van der Waals surface area contributed by atoms with Crippen LogP contribution in [-0.2, 0) is 25.4 Å². The van der Waals surface area contributed by atoms with E-state index >= 15 is 0 Å². The molecular weight excluding hydrogens is 534 g/mol. The van der Waals surface area contributed by atoms with Gasteiger partial charge in [-0.3, -0.25) is 4.79 Å². The first-order valence-corrected chi connectivity index (χ1v) is 14.3. The topological polar surface area (TPSA) is 100 Å². The first-order valence-electron chi connectivity index (χ1n) is 14.0. The van der Waals surface area contributed by atoms with Crippen LogP contribution in [-0.4, -0.2) is 42.6 Å². The minimum Gasteiger partial charge on any atom is -0.476 e. The Morgan fingerprint density at radius 3 is 2.23 bits per heavy atom. The van der Waals surface area contributed by atoms with Crippen molar-refractivity contribution in [2.75, 3.05) is 6.54 Å². The molecule has 9 heteroatoms. The normalized spacial score (nSPS) is 15.4. The molecule has 2 aromatic carbocycles. The Hall–Kier alpha value is -3.26. The van der Waals surface area contributed by atoms with Crippen molar-refractivity contribution in [3.05, 3.63) is 64.7 Å². The fraction of sp³-hybridized carbons (Fsp3) is 0.516. The molecule has 0 radical (unpaired) electrons. The lowest BCUT2D eigenvalue weighted by molar-refractivity contribution is -0.184. The van der Waals surface area contributed by atoms with Crippen LogP contribution in [0.3, 0.4) is 0 Å². The largest absolute Gasteiger partial charge is 0.511 e. The van der Waals surface area contributed by atoms with Crippen LogP contribution in [0.5, 0.6) is 5.75 Å². The molecular formula is C31H40ClNO7. The standard InChI is InChI=1S/C31H40ClNO7/c1-5-27(23-9-7-6-8-10-23)39-30(36)38-21(2)37-29(35)31(3,4)40-26-17-11-22(12-18-26)19-20-33-28(34)24-13-15-25(32)16-14-24/h11-18,21,23,27H,5-10,19-20H2,1-4H3,(H,33,34). The molecule has 40 heavy (non-hydrogen) atoms. The van der Waals surface area contributed by atoms with Crippen LogP contribution in [0.15, 0.2) is 48.5 Å². The van der Waals surface area contributed by atoms with E-state index in [1.54, 1.807) is 50.2 Å². The lowest BCUT2D eigenvalue weighted by atomic mass is 9.84. The Morgan fingerprint density at radius 2 is 1.60 bits per heavy atom. The van der Waals surface area contributed by atoms with E-state index in [0.717, 1.165) is 31.2 Å². The maximum absolute atomic E-state index is 12.8. The Bertz CT molecular complexity index is 1110. The van der Waals surface area contributed by atoms with Crippen molar-refractivity contribution in [1.29, 1.82) is 0 Å². The number of nitrogens with one attached hydrogen (secondary N) is 1. The van der Waals surface area contributed by atoms with E-state index in [1.807, 2.05) is 19.1 Å². The summed E-state index contributed by atoms with van der Waals surface area (Å²) in [5.74, 6) is -0.0305. The minimum absolute atomic E-state index is 0.169. The number of carbonyl (C=O) groups excluding carboxylic acids is 3. The average Bonchev–Trinajstić information content (AvgIpc) is 2.93. The van der Waals surface area contributed by atoms with Gasteiger partial charge in [0.25, 0.3) is 5.91 Å². The van der Waals surface area contributed by atoms with E-state index in [4.69, 9.17) is 30.5 Å². The third-order valence-electron chi connectivity index (χ3n) is 6.95. The molecule has 8 nitrogen and oxygen atoms in total. The summed E-state index contributed by atoms with van der Waals surface area (Å²) in [6.45, 7) is 7.08. The van der Waals surface area contributed by atoms with Gasteiger partial charge in [-0.05, 0) is 87.4 Å². The molecule has 3 rings (SSSR count). The monoisotopic (exact) mass is 573 g/mol. The van der Waals surface area contributed by atoms with Gasteiger partial charge in [-0.2, -0.15) is 0 Å². The number of esters is 1. The van der Waals surface area contributed by atoms with Gasteiger partial charge in [-0.25, -0.2) is 9.59 Å². The minimum atomic E-state index is -1.33. The summed E-state index contributed by atoms with van der Waals surface area (Å²) in [5, 5.41) is 3.45. The van der Waals surface area contributed by atoms with Crippen LogP contribution in [0.2, 0.25) is 5.02 Å². The molecule has 1 aliphatic carbocycles. The lowest BCUT2D eigenvalue weighted by Crippen LogP contribution is -2.42. The van der Waals surface area contributed by atoms with Crippen LogP contribution in [0.1, 0.15) is 82.1 Å². The molecule has 1 aliphatic rings. The van der Waals surface area contributed by atoms with Gasteiger partial charge in [0.1, 0.15) is 11.9 Å². The molecule has 0 aliphatic heterocycles. The number of hydrogen-bond donors (Lipinski definition) is 1. The molecule has 1 N–H and O–H groups in total. The number of hydrogen-bond acceptors (Lipinski definition) is 7. The zero-order valence-electron chi connectivity index (χ0n) is 23.7. The number of halogens is 1. The van der Waals surface area contributed by atoms with Crippen molar-refractivity contribution < 1.29 is 33.3 Å². The SMILES string of the molecule is CCC(OC(=O)OC(C)OC(=O)C(C)(C)Oc1ccc(CCNC(=O)c2ccc(Cl)cc2)cc1)C1CCCCC1. The number of benzene rings is 2. The molecule has 0 spiro atoms. The van der Waals surface area contributed by atoms with Gasteiger partial charge < -0.3 is 24.3 Å². The Morgan fingerprint density at radius 1 is 0.950 bits per heavy atom. The Balaban J connectivity index is 1.42. The van der Waals surface area contributed by atoms with E-state index in [1.165, 1.54) is 13.3 Å². The lowest BCUT2D eigenvalue weighted by Gasteiger charge is -2.29. The molecule has 2 atom stereocenters. The summed E-state index contributed by atoms with van der Waals surface area (Å²) in [6, 6.07) is 13.9. The van der Waals surface area contributed by atoms with Crippen molar-refractivity contribution in [1.82, 2.24) is 5.32 Å². The molecule has 0 bridgehead atoms. The van der Waals surface area contributed by atoms with Crippen LogP contribution in [0.25, 0.3) is 0 Å². The number of ether oxygens (including phenoxy) is 4. The van der Waals surface area contributed by atoms with E-state index in [0.29, 0.717) is 41.6 Å². The van der Waals surface area contributed by atoms with Gasteiger partial charge in [0.2, 0.25) is 6.29 Å². The first-order chi connectivity index (χ1) is 19.1. The van der Waals surface area contributed by atoms with E-state index in [9.17, 15) is 14.4 Å². The van der Waals surface area contributed by atoms with E-state index in [2.05, 4.69) is 5.32 Å². The third-order valence-corrected chi connectivity index (χ3v) is 7.21. The van der Waals surface area contributed by atoms with Crippen molar-refractivity contribution in [2.24, 2.45) is 5.92 Å². The van der Waals surface area contributed by atoms with Crippen LogP contribution < -0.4 is 10.1 Å². The van der Waals surface area contributed by atoms with Crippen molar-refractivity contribution >= 4 is 29.6 Å².